The van der Waals surface area contributed by atoms with E-state index in [1.807, 2.05) is 42.5 Å². The Hall–Kier alpha value is -2.29. The summed E-state index contributed by atoms with van der Waals surface area (Å²) in [5, 5.41) is 0. The van der Waals surface area contributed by atoms with E-state index in [1.54, 1.807) is 6.07 Å². The van der Waals surface area contributed by atoms with Crippen LogP contribution >= 0.6 is 0 Å². The van der Waals surface area contributed by atoms with Gasteiger partial charge in [0, 0.05) is 12.5 Å². The third-order valence-corrected chi connectivity index (χ3v) is 3.10. The average molecular weight is 284 g/mol. The summed E-state index contributed by atoms with van der Waals surface area (Å²) < 4.78 is 11.0. The molecule has 2 aromatic carbocycles. The fraction of sp³-hybridized carbons (Fsp3) is 0.278. The maximum Gasteiger partial charge on any atom is 0.308 e. The van der Waals surface area contributed by atoms with Crippen LogP contribution in [0.25, 0.3) is 0 Å². The SMILES string of the molecule is CC(=O)Oc1ccc(OCc2ccccc2)c(C(C)C)c1. The van der Waals surface area contributed by atoms with Gasteiger partial charge in [-0.05, 0) is 29.7 Å². The molecule has 0 saturated heterocycles. The molecule has 21 heavy (non-hydrogen) atoms. The summed E-state index contributed by atoms with van der Waals surface area (Å²) in [6, 6.07) is 15.5. The van der Waals surface area contributed by atoms with Crippen molar-refractivity contribution >= 4 is 5.97 Å². The van der Waals surface area contributed by atoms with Crippen LogP contribution in [-0.2, 0) is 11.4 Å². The molecular formula is C18H20O3. The lowest BCUT2D eigenvalue weighted by Crippen LogP contribution is -2.04. The van der Waals surface area contributed by atoms with Gasteiger partial charge in [-0.2, -0.15) is 0 Å². The monoisotopic (exact) mass is 284 g/mol. The van der Waals surface area contributed by atoms with Gasteiger partial charge in [-0.25, -0.2) is 0 Å². The first-order chi connectivity index (χ1) is 10.1. The number of hydrogen-bond donors (Lipinski definition) is 0. The average Bonchev–Trinajstić information content (AvgIpc) is 2.46. The number of esters is 1. The molecule has 0 bridgehead atoms. The second kappa shape index (κ2) is 6.93. The Bertz CT molecular complexity index is 603. The molecule has 0 radical (unpaired) electrons. The maximum atomic E-state index is 11.0. The van der Waals surface area contributed by atoms with Crippen molar-refractivity contribution in [3.63, 3.8) is 0 Å². The van der Waals surface area contributed by atoms with Gasteiger partial charge < -0.3 is 9.47 Å². The van der Waals surface area contributed by atoms with E-state index < -0.39 is 0 Å². The quantitative estimate of drug-likeness (QED) is 0.606. The van der Waals surface area contributed by atoms with E-state index in [0.717, 1.165) is 16.9 Å². The van der Waals surface area contributed by atoms with Crippen LogP contribution in [0.4, 0.5) is 0 Å². The van der Waals surface area contributed by atoms with Crippen molar-refractivity contribution < 1.29 is 14.3 Å². The first-order valence-electron chi connectivity index (χ1n) is 7.05. The Morgan fingerprint density at radius 2 is 1.81 bits per heavy atom. The molecule has 0 amide bonds. The summed E-state index contributed by atoms with van der Waals surface area (Å²) >= 11 is 0. The number of rotatable bonds is 5. The van der Waals surface area contributed by atoms with Crippen LogP contribution in [0.5, 0.6) is 11.5 Å². The largest absolute Gasteiger partial charge is 0.489 e. The number of hydrogen-bond acceptors (Lipinski definition) is 3. The van der Waals surface area contributed by atoms with Crippen LogP contribution in [0, 0.1) is 0 Å². The van der Waals surface area contributed by atoms with Crippen molar-refractivity contribution in [3.05, 3.63) is 59.7 Å². The molecule has 0 aliphatic carbocycles. The highest BCUT2D eigenvalue weighted by Crippen LogP contribution is 2.31. The minimum absolute atomic E-state index is 0.284. The number of ether oxygens (including phenoxy) is 2. The lowest BCUT2D eigenvalue weighted by atomic mass is 10.0. The molecule has 0 unspecified atom stereocenters. The molecule has 110 valence electrons. The Morgan fingerprint density at radius 1 is 1.10 bits per heavy atom. The molecule has 3 heteroatoms. The zero-order valence-corrected chi connectivity index (χ0v) is 12.6. The van der Waals surface area contributed by atoms with Crippen molar-refractivity contribution in [1.82, 2.24) is 0 Å². The fourth-order valence-corrected chi connectivity index (χ4v) is 2.07. The van der Waals surface area contributed by atoms with Gasteiger partial charge in [0.2, 0.25) is 0 Å². The molecule has 0 heterocycles. The lowest BCUT2D eigenvalue weighted by molar-refractivity contribution is -0.131. The summed E-state index contributed by atoms with van der Waals surface area (Å²) in [7, 11) is 0. The van der Waals surface area contributed by atoms with Crippen LogP contribution in [0.1, 0.15) is 37.8 Å². The molecule has 3 nitrogen and oxygen atoms in total. The van der Waals surface area contributed by atoms with E-state index in [2.05, 4.69) is 13.8 Å². The molecule has 0 N–H and O–H groups in total. The van der Waals surface area contributed by atoms with Gasteiger partial charge in [0.15, 0.2) is 0 Å². The standard InChI is InChI=1S/C18H20O3/c1-13(2)17-11-16(21-14(3)19)9-10-18(17)20-12-15-7-5-4-6-8-15/h4-11,13H,12H2,1-3H3. The molecule has 0 atom stereocenters. The van der Waals surface area contributed by atoms with Crippen LogP contribution in [0.3, 0.4) is 0 Å². The van der Waals surface area contributed by atoms with E-state index in [4.69, 9.17) is 9.47 Å². The van der Waals surface area contributed by atoms with Gasteiger partial charge >= 0.3 is 5.97 Å². The van der Waals surface area contributed by atoms with Crippen molar-refractivity contribution in [2.75, 3.05) is 0 Å². The highest BCUT2D eigenvalue weighted by molar-refractivity contribution is 5.69. The molecule has 0 spiro atoms. The summed E-state index contributed by atoms with van der Waals surface area (Å²) in [5.74, 6) is 1.34. The predicted molar refractivity (Wildman–Crippen MR) is 82.6 cm³/mol. The van der Waals surface area contributed by atoms with Crippen molar-refractivity contribution in [2.45, 2.75) is 33.3 Å². The highest BCUT2D eigenvalue weighted by Gasteiger charge is 2.11. The molecular weight excluding hydrogens is 264 g/mol. The minimum Gasteiger partial charge on any atom is -0.489 e. The van der Waals surface area contributed by atoms with Gasteiger partial charge in [0.25, 0.3) is 0 Å². The Balaban J connectivity index is 2.16. The predicted octanol–water partition coefficient (Wildman–Crippen LogP) is 4.31. The highest BCUT2D eigenvalue weighted by atomic mass is 16.5. The number of carbonyl (C=O) groups excluding carboxylic acids is 1. The summed E-state index contributed by atoms with van der Waals surface area (Å²) in [4.78, 5) is 11.0. The molecule has 0 aliphatic rings. The van der Waals surface area contributed by atoms with Crippen LogP contribution < -0.4 is 9.47 Å². The minimum atomic E-state index is -0.317. The van der Waals surface area contributed by atoms with E-state index >= 15 is 0 Å². The maximum absolute atomic E-state index is 11.0. The van der Waals surface area contributed by atoms with Gasteiger partial charge in [0.05, 0.1) is 0 Å². The van der Waals surface area contributed by atoms with Gasteiger partial charge in [0.1, 0.15) is 18.1 Å². The number of benzene rings is 2. The third kappa shape index (κ3) is 4.35. The van der Waals surface area contributed by atoms with E-state index in [9.17, 15) is 4.79 Å². The molecule has 0 aliphatic heterocycles. The number of carbonyl (C=O) groups is 1. The van der Waals surface area contributed by atoms with E-state index in [1.165, 1.54) is 6.92 Å². The molecule has 0 fully saturated rings. The van der Waals surface area contributed by atoms with Crippen molar-refractivity contribution in [2.24, 2.45) is 0 Å². The van der Waals surface area contributed by atoms with Crippen LogP contribution in [0.15, 0.2) is 48.5 Å². The molecule has 0 aromatic heterocycles. The first-order valence-corrected chi connectivity index (χ1v) is 7.05. The summed E-state index contributed by atoms with van der Waals surface area (Å²) in [6.07, 6.45) is 0. The second-order valence-electron chi connectivity index (χ2n) is 5.22. The van der Waals surface area contributed by atoms with Crippen molar-refractivity contribution in [3.8, 4) is 11.5 Å². The second-order valence-corrected chi connectivity index (χ2v) is 5.22. The lowest BCUT2D eigenvalue weighted by Gasteiger charge is -2.15. The fourth-order valence-electron chi connectivity index (χ4n) is 2.07. The molecule has 2 rings (SSSR count). The zero-order chi connectivity index (χ0) is 15.2. The zero-order valence-electron chi connectivity index (χ0n) is 12.6. The van der Waals surface area contributed by atoms with E-state index in [-0.39, 0.29) is 11.9 Å². The molecule has 0 saturated carbocycles. The first kappa shape index (κ1) is 15.1. The normalized spacial score (nSPS) is 10.5. The topological polar surface area (TPSA) is 35.5 Å². The Kier molecular flexibility index (Phi) is 4.99. The summed E-state index contributed by atoms with van der Waals surface area (Å²) in [5.41, 5.74) is 2.15. The Morgan fingerprint density at radius 3 is 2.43 bits per heavy atom. The van der Waals surface area contributed by atoms with E-state index in [0.29, 0.717) is 12.4 Å². The van der Waals surface area contributed by atoms with Gasteiger partial charge in [-0.3, -0.25) is 4.79 Å². The Labute approximate surface area is 125 Å². The van der Waals surface area contributed by atoms with Crippen molar-refractivity contribution in [1.29, 1.82) is 0 Å². The molecule has 2 aromatic rings. The van der Waals surface area contributed by atoms with Crippen LogP contribution in [-0.4, -0.2) is 5.97 Å². The smallest absolute Gasteiger partial charge is 0.308 e. The third-order valence-electron chi connectivity index (χ3n) is 3.10. The van der Waals surface area contributed by atoms with Gasteiger partial charge in [-0.1, -0.05) is 44.2 Å². The van der Waals surface area contributed by atoms with Crippen LogP contribution in [0.2, 0.25) is 0 Å². The van der Waals surface area contributed by atoms with Gasteiger partial charge in [-0.15, -0.1) is 0 Å². The summed E-state index contributed by atoms with van der Waals surface area (Å²) in [6.45, 7) is 6.09.